The first-order chi connectivity index (χ1) is 13.0. The highest BCUT2D eigenvalue weighted by Gasteiger charge is 2.12. The fourth-order valence-corrected chi connectivity index (χ4v) is 2.95. The maximum absolute atomic E-state index is 11.9. The fourth-order valence-electron chi connectivity index (χ4n) is 2.95. The van der Waals surface area contributed by atoms with Gasteiger partial charge in [-0.05, 0) is 60.0 Å². The number of hydrogen-bond donors (Lipinski definition) is 0. The molecule has 7 nitrogen and oxygen atoms in total. The van der Waals surface area contributed by atoms with Crippen molar-refractivity contribution in [2.75, 3.05) is 7.11 Å². The molecule has 0 saturated carbocycles. The molecule has 0 amide bonds. The van der Waals surface area contributed by atoms with Gasteiger partial charge in [0.1, 0.15) is 11.3 Å². The molecule has 4 aromatic rings. The molecule has 2 aromatic carbocycles. The second-order valence-electron chi connectivity index (χ2n) is 6.40. The van der Waals surface area contributed by atoms with Gasteiger partial charge in [0.15, 0.2) is 0 Å². The molecule has 0 radical (unpaired) electrons. The van der Waals surface area contributed by atoms with Gasteiger partial charge in [0.2, 0.25) is 5.82 Å². The molecule has 0 unspecified atom stereocenters. The lowest BCUT2D eigenvalue weighted by Crippen LogP contribution is -2.08. The average Bonchev–Trinajstić information content (AvgIpc) is 3.12. The summed E-state index contributed by atoms with van der Waals surface area (Å²) < 4.78 is 10.6. The van der Waals surface area contributed by atoms with Gasteiger partial charge in [0.05, 0.1) is 13.7 Å². The van der Waals surface area contributed by atoms with Gasteiger partial charge in [-0.25, -0.2) is 4.79 Å². The summed E-state index contributed by atoms with van der Waals surface area (Å²) in [5.41, 5.74) is 3.97. The number of tetrazole rings is 1. The Labute approximate surface area is 155 Å². The van der Waals surface area contributed by atoms with Gasteiger partial charge >= 0.3 is 5.63 Å². The third kappa shape index (κ3) is 3.31. The number of ether oxygens (including phenoxy) is 1. The van der Waals surface area contributed by atoms with E-state index in [-0.39, 0.29) is 0 Å². The molecule has 136 valence electrons. The molecule has 2 aromatic heterocycles. The van der Waals surface area contributed by atoms with E-state index in [1.165, 1.54) is 10.9 Å². The molecule has 0 N–H and O–H groups in total. The molecule has 0 aliphatic heterocycles. The van der Waals surface area contributed by atoms with E-state index < -0.39 is 5.63 Å². The summed E-state index contributed by atoms with van der Waals surface area (Å²) in [6.45, 7) is 4.33. The molecule has 0 fully saturated rings. The SMILES string of the molecule is COc1cccc(-c2nnn(Cc3cc(=O)oc4cc(C)c(C)cc34)n2)c1. The van der Waals surface area contributed by atoms with E-state index in [2.05, 4.69) is 15.4 Å². The first-order valence-corrected chi connectivity index (χ1v) is 8.50. The van der Waals surface area contributed by atoms with Crippen LogP contribution in [0.5, 0.6) is 5.75 Å². The van der Waals surface area contributed by atoms with E-state index in [1.54, 1.807) is 7.11 Å². The summed E-state index contributed by atoms with van der Waals surface area (Å²) in [5, 5.41) is 13.5. The van der Waals surface area contributed by atoms with Crippen molar-refractivity contribution in [2.45, 2.75) is 20.4 Å². The van der Waals surface area contributed by atoms with Crippen LogP contribution < -0.4 is 10.4 Å². The quantitative estimate of drug-likeness (QED) is 0.519. The van der Waals surface area contributed by atoms with Crippen LogP contribution in [0.15, 0.2) is 51.7 Å². The van der Waals surface area contributed by atoms with Crippen molar-refractivity contribution in [3.8, 4) is 17.1 Å². The van der Waals surface area contributed by atoms with E-state index in [4.69, 9.17) is 9.15 Å². The van der Waals surface area contributed by atoms with Gasteiger partial charge in [-0.3, -0.25) is 0 Å². The zero-order valence-electron chi connectivity index (χ0n) is 15.3. The molecular formula is C20H18N4O3. The number of benzene rings is 2. The third-order valence-corrected chi connectivity index (χ3v) is 4.54. The number of methoxy groups -OCH3 is 1. The molecular weight excluding hydrogens is 344 g/mol. The Morgan fingerprint density at radius 2 is 1.93 bits per heavy atom. The van der Waals surface area contributed by atoms with Crippen LogP contribution in [-0.4, -0.2) is 27.3 Å². The summed E-state index contributed by atoms with van der Waals surface area (Å²) in [7, 11) is 1.61. The highest BCUT2D eigenvalue weighted by molar-refractivity contribution is 5.81. The number of nitrogens with zero attached hydrogens (tertiary/aromatic N) is 4. The maximum Gasteiger partial charge on any atom is 0.336 e. The minimum absolute atomic E-state index is 0.321. The first-order valence-electron chi connectivity index (χ1n) is 8.50. The number of hydrogen-bond acceptors (Lipinski definition) is 6. The molecule has 7 heteroatoms. The van der Waals surface area contributed by atoms with E-state index >= 15 is 0 Å². The van der Waals surface area contributed by atoms with Crippen LogP contribution in [0.25, 0.3) is 22.4 Å². The van der Waals surface area contributed by atoms with Crippen LogP contribution in [0.3, 0.4) is 0 Å². The molecule has 27 heavy (non-hydrogen) atoms. The van der Waals surface area contributed by atoms with Crippen molar-refractivity contribution in [3.63, 3.8) is 0 Å². The van der Waals surface area contributed by atoms with Crippen molar-refractivity contribution in [1.29, 1.82) is 0 Å². The van der Waals surface area contributed by atoms with Gasteiger partial charge in [0, 0.05) is 17.0 Å². The summed E-state index contributed by atoms with van der Waals surface area (Å²) in [6.07, 6.45) is 0. The predicted octanol–water partition coefficient (Wildman–Crippen LogP) is 3.12. The monoisotopic (exact) mass is 362 g/mol. The van der Waals surface area contributed by atoms with Gasteiger partial charge in [0.25, 0.3) is 0 Å². The Bertz CT molecular complexity index is 1190. The van der Waals surface area contributed by atoms with Crippen LogP contribution in [-0.2, 0) is 6.54 Å². The molecule has 0 atom stereocenters. The van der Waals surface area contributed by atoms with Crippen LogP contribution in [0, 0.1) is 13.8 Å². The smallest absolute Gasteiger partial charge is 0.336 e. The van der Waals surface area contributed by atoms with Crippen molar-refractivity contribution in [2.24, 2.45) is 0 Å². The van der Waals surface area contributed by atoms with Crippen molar-refractivity contribution in [3.05, 3.63) is 69.6 Å². The summed E-state index contributed by atoms with van der Waals surface area (Å²) in [5.74, 6) is 1.22. The van der Waals surface area contributed by atoms with Gasteiger partial charge in [-0.1, -0.05) is 12.1 Å². The second-order valence-corrected chi connectivity index (χ2v) is 6.40. The minimum atomic E-state index is -0.395. The minimum Gasteiger partial charge on any atom is -0.497 e. The molecule has 0 bridgehead atoms. The molecule has 0 aliphatic carbocycles. The van der Waals surface area contributed by atoms with Gasteiger partial charge in [-0.15, -0.1) is 10.2 Å². The Hall–Kier alpha value is -3.48. The number of rotatable bonds is 4. The number of aryl methyl sites for hydroxylation is 2. The van der Waals surface area contributed by atoms with Gasteiger partial charge in [-0.2, -0.15) is 4.80 Å². The Kier molecular flexibility index (Phi) is 4.19. The molecule has 4 rings (SSSR count). The van der Waals surface area contributed by atoms with Crippen LogP contribution in [0.2, 0.25) is 0 Å². The molecule has 0 spiro atoms. The van der Waals surface area contributed by atoms with Crippen molar-refractivity contribution in [1.82, 2.24) is 20.2 Å². The maximum atomic E-state index is 11.9. The second kappa shape index (κ2) is 6.68. The third-order valence-electron chi connectivity index (χ3n) is 4.54. The molecule has 0 saturated heterocycles. The largest absolute Gasteiger partial charge is 0.497 e. The Balaban J connectivity index is 1.72. The molecule has 0 aliphatic rings. The predicted molar refractivity (Wildman–Crippen MR) is 101 cm³/mol. The standard InChI is InChI=1S/C20H18N4O3/c1-12-7-17-15(10-19(25)27-18(17)8-13(12)2)11-24-22-20(21-23-24)14-5-4-6-16(9-14)26-3/h4-10H,11H2,1-3H3. The highest BCUT2D eigenvalue weighted by Crippen LogP contribution is 2.23. The van der Waals surface area contributed by atoms with Crippen LogP contribution >= 0.6 is 0 Å². The highest BCUT2D eigenvalue weighted by atomic mass is 16.5. The summed E-state index contributed by atoms with van der Waals surface area (Å²) in [4.78, 5) is 13.4. The van der Waals surface area contributed by atoms with Crippen LogP contribution in [0.4, 0.5) is 0 Å². The fraction of sp³-hybridized carbons (Fsp3) is 0.200. The normalized spacial score (nSPS) is 11.1. The van der Waals surface area contributed by atoms with Crippen LogP contribution in [0.1, 0.15) is 16.7 Å². The zero-order valence-corrected chi connectivity index (χ0v) is 15.3. The molecule has 2 heterocycles. The average molecular weight is 362 g/mol. The zero-order chi connectivity index (χ0) is 19.0. The van der Waals surface area contributed by atoms with Crippen molar-refractivity contribution >= 4 is 11.0 Å². The summed E-state index contributed by atoms with van der Waals surface area (Å²) >= 11 is 0. The van der Waals surface area contributed by atoms with E-state index in [1.807, 2.05) is 50.2 Å². The van der Waals surface area contributed by atoms with E-state index in [9.17, 15) is 4.79 Å². The first kappa shape index (κ1) is 17.0. The van der Waals surface area contributed by atoms with Crippen molar-refractivity contribution < 1.29 is 9.15 Å². The lowest BCUT2D eigenvalue weighted by atomic mass is 10.0. The number of fused-ring (bicyclic) bond motifs is 1. The van der Waals surface area contributed by atoms with Gasteiger partial charge < -0.3 is 9.15 Å². The Morgan fingerprint density at radius 3 is 2.74 bits per heavy atom. The van der Waals surface area contributed by atoms with E-state index in [0.717, 1.165) is 33.4 Å². The summed E-state index contributed by atoms with van der Waals surface area (Å²) in [6, 6.07) is 12.8. The number of aromatic nitrogens is 4. The Morgan fingerprint density at radius 1 is 1.11 bits per heavy atom. The lowest BCUT2D eigenvalue weighted by molar-refractivity contribution is 0.415. The topological polar surface area (TPSA) is 83.0 Å². The van der Waals surface area contributed by atoms with E-state index in [0.29, 0.717) is 18.0 Å². The lowest BCUT2D eigenvalue weighted by Gasteiger charge is -2.07.